The lowest BCUT2D eigenvalue weighted by Crippen LogP contribution is -2.52. The maximum Gasteiger partial charge on any atom is 0.110 e. The van der Waals surface area contributed by atoms with Crippen molar-refractivity contribution >= 4 is 0 Å². The summed E-state index contributed by atoms with van der Waals surface area (Å²) in [7, 11) is 0. The van der Waals surface area contributed by atoms with Crippen molar-refractivity contribution in [3.8, 4) is 6.07 Å². The van der Waals surface area contributed by atoms with Gasteiger partial charge < -0.3 is 5.32 Å². The first-order valence-corrected chi connectivity index (χ1v) is 5.24. The minimum Gasteiger partial charge on any atom is -0.313 e. The van der Waals surface area contributed by atoms with Crippen molar-refractivity contribution in [2.75, 3.05) is 26.2 Å². The Hall–Kier alpha value is -0.590. The Morgan fingerprint density at radius 3 is 2.92 bits per heavy atom. The van der Waals surface area contributed by atoms with Crippen LogP contribution in [0.1, 0.15) is 19.3 Å². The Morgan fingerprint density at radius 1 is 1.46 bits per heavy atom. The first-order chi connectivity index (χ1) is 6.40. The lowest BCUT2D eigenvalue weighted by Gasteiger charge is -2.37. The van der Waals surface area contributed by atoms with Crippen LogP contribution in [0.5, 0.6) is 0 Å². The summed E-state index contributed by atoms with van der Waals surface area (Å²) in [5.41, 5.74) is 0. The van der Waals surface area contributed by atoms with E-state index in [0.717, 1.165) is 32.1 Å². The summed E-state index contributed by atoms with van der Waals surface area (Å²) in [5, 5.41) is 12.2. The molecule has 1 saturated heterocycles. The van der Waals surface area contributed by atoms with Crippen molar-refractivity contribution in [3.05, 3.63) is 0 Å². The Bertz CT molecular complexity index is 205. The highest BCUT2D eigenvalue weighted by Gasteiger charge is 2.26. The Balaban J connectivity index is 1.83. The molecular formula is C10H17N3. The highest BCUT2D eigenvalue weighted by Crippen LogP contribution is 2.27. The van der Waals surface area contributed by atoms with E-state index in [1.807, 2.05) is 0 Å². The highest BCUT2D eigenvalue weighted by atomic mass is 15.2. The minimum atomic E-state index is 0.120. The standard InChI is InChI=1S/C10H17N3/c11-6-10-7-12-4-5-13(10)8-9-2-1-3-9/h9-10,12H,1-5,7-8H2. The largest absolute Gasteiger partial charge is 0.313 e. The molecule has 1 N–H and O–H groups in total. The predicted molar refractivity (Wildman–Crippen MR) is 51.2 cm³/mol. The van der Waals surface area contributed by atoms with E-state index in [1.54, 1.807) is 0 Å². The van der Waals surface area contributed by atoms with Crippen LogP contribution in [0.2, 0.25) is 0 Å². The number of piperazine rings is 1. The first kappa shape index (κ1) is 8.98. The molecule has 0 amide bonds. The van der Waals surface area contributed by atoms with Gasteiger partial charge in [-0.05, 0) is 18.8 Å². The molecule has 13 heavy (non-hydrogen) atoms. The third-order valence-electron chi connectivity index (χ3n) is 3.22. The SMILES string of the molecule is N#CC1CNCCN1CC1CCC1. The van der Waals surface area contributed by atoms with Crippen LogP contribution >= 0.6 is 0 Å². The van der Waals surface area contributed by atoms with Crippen LogP contribution in [0.3, 0.4) is 0 Å². The molecule has 72 valence electrons. The van der Waals surface area contributed by atoms with E-state index in [-0.39, 0.29) is 6.04 Å². The monoisotopic (exact) mass is 179 g/mol. The van der Waals surface area contributed by atoms with Crippen LogP contribution in [-0.2, 0) is 0 Å². The molecule has 0 spiro atoms. The molecule has 1 saturated carbocycles. The summed E-state index contributed by atoms with van der Waals surface area (Å²) in [6, 6.07) is 2.49. The van der Waals surface area contributed by atoms with Gasteiger partial charge in [0.1, 0.15) is 6.04 Å². The smallest absolute Gasteiger partial charge is 0.110 e. The number of nitrogens with zero attached hydrogens (tertiary/aromatic N) is 2. The van der Waals surface area contributed by atoms with Gasteiger partial charge >= 0.3 is 0 Å². The Kier molecular flexibility index (Phi) is 2.82. The fourth-order valence-corrected chi connectivity index (χ4v) is 2.10. The van der Waals surface area contributed by atoms with Crippen LogP contribution in [0, 0.1) is 17.2 Å². The van der Waals surface area contributed by atoms with E-state index in [1.165, 1.54) is 19.3 Å². The van der Waals surface area contributed by atoms with Crippen molar-refractivity contribution in [2.24, 2.45) is 5.92 Å². The molecule has 1 atom stereocenters. The molecule has 1 aliphatic carbocycles. The zero-order chi connectivity index (χ0) is 9.10. The molecule has 0 aromatic carbocycles. The van der Waals surface area contributed by atoms with Crippen molar-refractivity contribution < 1.29 is 0 Å². The number of hydrogen-bond acceptors (Lipinski definition) is 3. The van der Waals surface area contributed by atoms with E-state index in [9.17, 15) is 0 Å². The molecule has 3 heteroatoms. The number of hydrogen-bond donors (Lipinski definition) is 1. The molecule has 1 aliphatic heterocycles. The van der Waals surface area contributed by atoms with E-state index >= 15 is 0 Å². The van der Waals surface area contributed by atoms with Crippen LogP contribution in [0.15, 0.2) is 0 Å². The lowest BCUT2D eigenvalue weighted by atomic mass is 9.84. The van der Waals surface area contributed by atoms with Gasteiger partial charge in [-0.2, -0.15) is 5.26 Å². The molecule has 2 fully saturated rings. The van der Waals surface area contributed by atoms with Gasteiger partial charge in [-0.3, -0.25) is 4.90 Å². The lowest BCUT2D eigenvalue weighted by molar-refractivity contribution is 0.135. The van der Waals surface area contributed by atoms with Crippen LogP contribution in [0.4, 0.5) is 0 Å². The van der Waals surface area contributed by atoms with Gasteiger partial charge in [0.25, 0.3) is 0 Å². The number of rotatable bonds is 2. The van der Waals surface area contributed by atoms with Gasteiger partial charge in [-0.15, -0.1) is 0 Å². The van der Waals surface area contributed by atoms with Crippen molar-refractivity contribution in [3.63, 3.8) is 0 Å². The summed E-state index contributed by atoms with van der Waals surface area (Å²) in [4.78, 5) is 2.35. The van der Waals surface area contributed by atoms with Crippen LogP contribution < -0.4 is 5.32 Å². The highest BCUT2D eigenvalue weighted by molar-refractivity contribution is 4.97. The second-order valence-corrected chi connectivity index (χ2v) is 4.14. The molecular weight excluding hydrogens is 162 g/mol. The molecule has 3 nitrogen and oxygen atoms in total. The quantitative estimate of drug-likeness (QED) is 0.674. The fourth-order valence-electron chi connectivity index (χ4n) is 2.10. The van der Waals surface area contributed by atoms with E-state index in [4.69, 9.17) is 5.26 Å². The van der Waals surface area contributed by atoms with E-state index < -0.39 is 0 Å². The average Bonchev–Trinajstić information content (AvgIpc) is 2.12. The van der Waals surface area contributed by atoms with E-state index in [2.05, 4.69) is 16.3 Å². The van der Waals surface area contributed by atoms with E-state index in [0.29, 0.717) is 0 Å². The topological polar surface area (TPSA) is 39.1 Å². The summed E-state index contributed by atoms with van der Waals surface area (Å²) < 4.78 is 0. The molecule has 0 aromatic rings. The first-order valence-electron chi connectivity index (χ1n) is 5.24. The van der Waals surface area contributed by atoms with Gasteiger partial charge in [-0.1, -0.05) is 6.42 Å². The van der Waals surface area contributed by atoms with Gasteiger partial charge in [-0.25, -0.2) is 0 Å². The summed E-state index contributed by atoms with van der Waals surface area (Å²) >= 11 is 0. The maximum atomic E-state index is 8.93. The molecule has 0 bridgehead atoms. The third kappa shape index (κ3) is 2.01. The second kappa shape index (κ2) is 4.08. The summed E-state index contributed by atoms with van der Waals surface area (Å²) in [6.07, 6.45) is 4.15. The Labute approximate surface area is 79.7 Å². The zero-order valence-corrected chi connectivity index (χ0v) is 8.00. The molecule has 2 rings (SSSR count). The normalized spacial score (nSPS) is 30.8. The second-order valence-electron chi connectivity index (χ2n) is 4.14. The maximum absolute atomic E-state index is 8.93. The summed E-state index contributed by atoms with van der Waals surface area (Å²) in [6.45, 7) is 4.10. The predicted octanol–water partition coefficient (Wildman–Crippen LogP) is 0.584. The van der Waals surface area contributed by atoms with Gasteiger partial charge in [0.05, 0.1) is 6.07 Å². The average molecular weight is 179 g/mol. The van der Waals surface area contributed by atoms with Crippen LogP contribution in [-0.4, -0.2) is 37.1 Å². The molecule has 0 aromatic heterocycles. The van der Waals surface area contributed by atoms with Gasteiger partial charge in [0.2, 0.25) is 0 Å². The Morgan fingerprint density at radius 2 is 2.31 bits per heavy atom. The molecule has 1 heterocycles. The number of nitriles is 1. The van der Waals surface area contributed by atoms with Gasteiger partial charge in [0, 0.05) is 26.2 Å². The molecule has 1 unspecified atom stereocenters. The number of nitrogens with one attached hydrogen (secondary N) is 1. The molecule has 2 aliphatic rings. The van der Waals surface area contributed by atoms with Crippen molar-refractivity contribution in [2.45, 2.75) is 25.3 Å². The van der Waals surface area contributed by atoms with Gasteiger partial charge in [0.15, 0.2) is 0 Å². The third-order valence-corrected chi connectivity index (χ3v) is 3.22. The minimum absolute atomic E-state index is 0.120. The van der Waals surface area contributed by atoms with Crippen LogP contribution in [0.25, 0.3) is 0 Å². The summed E-state index contributed by atoms with van der Waals surface area (Å²) in [5.74, 6) is 0.883. The molecule has 0 radical (unpaired) electrons. The fraction of sp³-hybridized carbons (Fsp3) is 0.900. The van der Waals surface area contributed by atoms with Crippen molar-refractivity contribution in [1.29, 1.82) is 5.26 Å². The van der Waals surface area contributed by atoms with Crippen molar-refractivity contribution in [1.82, 2.24) is 10.2 Å². The zero-order valence-electron chi connectivity index (χ0n) is 8.00.